The zero-order valence-corrected chi connectivity index (χ0v) is 15.2. The van der Waals surface area contributed by atoms with Gasteiger partial charge in [-0.05, 0) is 48.2 Å². The maximum Gasteiger partial charge on any atom is 0.228 e. The molecule has 0 radical (unpaired) electrons. The number of hydrogen-bond acceptors (Lipinski definition) is 3. The van der Waals surface area contributed by atoms with E-state index in [-0.39, 0.29) is 36.2 Å². The molecule has 1 heterocycles. The average molecular weight is 370 g/mol. The van der Waals surface area contributed by atoms with Crippen molar-refractivity contribution < 1.29 is 18.7 Å². The Kier molecular flexibility index (Phi) is 6.19. The second-order valence-electron chi connectivity index (χ2n) is 6.75. The first-order valence-electron chi connectivity index (χ1n) is 9.02. The van der Waals surface area contributed by atoms with Gasteiger partial charge in [0.2, 0.25) is 11.8 Å². The Labute approximate surface area is 157 Å². The van der Waals surface area contributed by atoms with Crippen LogP contribution in [0.25, 0.3) is 0 Å². The smallest absolute Gasteiger partial charge is 0.228 e. The van der Waals surface area contributed by atoms with E-state index in [1.165, 1.54) is 19.1 Å². The molecule has 2 amide bonds. The first-order chi connectivity index (χ1) is 13.0. The second-order valence-corrected chi connectivity index (χ2v) is 6.75. The normalized spacial score (nSPS) is 19.3. The average Bonchev–Trinajstić information content (AvgIpc) is 2.64. The third kappa shape index (κ3) is 5.62. The number of ether oxygens (including phenoxy) is 1. The molecular weight excluding hydrogens is 347 g/mol. The molecule has 6 heteroatoms. The molecule has 3 rings (SSSR count). The molecule has 1 aliphatic rings. The summed E-state index contributed by atoms with van der Waals surface area (Å²) in [5.41, 5.74) is 2.46. The van der Waals surface area contributed by atoms with Crippen molar-refractivity contribution in [3.05, 3.63) is 65.5 Å². The summed E-state index contributed by atoms with van der Waals surface area (Å²) in [5, 5.41) is 5.79. The van der Waals surface area contributed by atoms with Gasteiger partial charge < -0.3 is 15.4 Å². The van der Waals surface area contributed by atoms with E-state index >= 15 is 0 Å². The van der Waals surface area contributed by atoms with E-state index in [9.17, 15) is 14.0 Å². The zero-order valence-electron chi connectivity index (χ0n) is 15.2. The summed E-state index contributed by atoms with van der Waals surface area (Å²) >= 11 is 0. The van der Waals surface area contributed by atoms with Crippen molar-refractivity contribution >= 4 is 17.5 Å². The molecule has 2 N–H and O–H groups in total. The van der Waals surface area contributed by atoms with Gasteiger partial charge >= 0.3 is 0 Å². The van der Waals surface area contributed by atoms with Crippen molar-refractivity contribution in [3.8, 4) is 0 Å². The molecule has 5 nitrogen and oxygen atoms in total. The van der Waals surface area contributed by atoms with Crippen LogP contribution in [0.15, 0.2) is 48.5 Å². The van der Waals surface area contributed by atoms with Crippen LogP contribution in [0.4, 0.5) is 10.1 Å². The van der Waals surface area contributed by atoms with Gasteiger partial charge in [0.25, 0.3) is 0 Å². The minimum absolute atomic E-state index is 0.0279. The van der Waals surface area contributed by atoms with E-state index in [1.54, 1.807) is 12.1 Å². The summed E-state index contributed by atoms with van der Waals surface area (Å²) < 4.78 is 18.7. The standard InChI is InChI=1S/C21H23FN2O3/c1-14(25)23-19-10-11-27-20(13-19)16-4-8-18(9-5-16)24-21(26)12-15-2-6-17(22)7-3-15/h2-9,19-20H,10-13H2,1H3,(H,23,25)(H,24,26)/t19-,20+/m1/s1. The SMILES string of the molecule is CC(=O)N[C@@H]1CCO[C@H](c2ccc(NC(=O)Cc3ccc(F)cc3)cc2)C1. The van der Waals surface area contributed by atoms with E-state index in [0.717, 1.165) is 24.0 Å². The summed E-state index contributed by atoms with van der Waals surface area (Å²) in [4.78, 5) is 23.4. The van der Waals surface area contributed by atoms with Gasteiger partial charge in [0.15, 0.2) is 0 Å². The van der Waals surface area contributed by atoms with Gasteiger partial charge in [-0.15, -0.1) is 0 Å². The van der Waals surface area contributed by atoms with Crippen molar-refractivity contribution in [3.63, 3.8) is 0 Å². The van der Waals surface area contributed by atoms with Crippen LogP contribution in [0.2, 0.25) is 0 Å². The topological polar surface area (TPSA) is 67.4 Å². The van der Waals surface area contributed by atoms with Crippen LogP contribution in [-0.2, 0) is 20.7 Å². The molecular formula is C21H23FN2O3. The highest BCUT2D eigenvalue weighted by atomic mass is 19.1. The minimum atomic E-state index is -0.319. The van der Waals surface area contributed by atoms with Crippen molar-refractivity contribution in [2.24, 2.45) is 0 Å². The summed E-state index contributed by atoms with van der Waals surface area (Å²) in [6.07, 6.45) is 1.66. The fourth-order valence-electron chi connectivity index (χ4n) is 3.22. The Morgan fingerprint density at radius 3 is 2.48 bits per heavy atom. The van der Waals surface area contributed by atoms with Crippen molar-refractivity contribution in [2.75, 3.05) is 11.9 Å². The number of anilines is 1. The third-order valence-corrected chi connectivity index (χ3v) is 4.54. The van der Waals surface area contributed by atoms with Gasteiger partial charge in [-0.1, -0.05) is 24.3 Å². The number of halogens is 1. The molecule has 2 aromatic carbocycles. The molecule has 0 spiro atoms. The lowest BCUT2D eigenvalue weighted by atomic mass is 9.97. The number of rotatable bonds is 5. The molecule has 1 fully saturated rings. The lowest BCUT2D eigenvalue weighted by Crippen LogP contribution is -2.38. The highest BCUT2D eigenvalue weighted by Crippen LogP contribution is 2.29. The Hall–Kier alpha value is -2.73. The molecule has 1 aliphatic heterocycles. The summed E-state index contributed by atoms with van der Waals surface area (Å²) in [5.74, 6) is -0.505. The van der Waals surface area contributed by atoms with Crippen LogP contribution in [0.5, 0.6) is 0 Å². The van der Waals surface area contributed by atoms with Crippen LogP contribution in [0.3, 0.4) is 0 Å². The molecule has 0 unspecified atom stereocenters. The monoisotopic (exact) mass is 370 g/mol. The molecule has 2 atom stereocenters. The highest BCUT2D eigenvalue weighted by molar-refractivity contribution is 5.92. The maximum atomic E-state index is 12.9. The minimum Gasteiger partial charge on any atom is -0.373 e. The van der Waals surface area contributed by atoms with Crippen LogP contribution in [0, 0.1) is 5.82 Å². The lowest BCUT2D eigenvalue weighted by Gasteiger charge is -2.30. The first-order valence-corrected chi connectivity index (χ1v) is 9.02. The second kappa shape index (κ2) is 8.77. The number of benzene rings is 2. The van der Waals surface area contributed by atoms with E-state index < -0.39 is 0 Å². The largest absolute Gasteiger partial charge is 0.373 e. The zero-order chi connectivity index (χ0) is 19.2. The molecule has 0 bridgehead atoms. The van der Waals surface area contributed by atoms with Gasteiger partial charge in [-0.3, -0.25) is 9.59 Å². The number of nitrogens with one attached hydrogen (secondary N) is 2. The summed E-state index contributed by atoms with van der Waals surface area (Å²) in [7, 11) is 0. The Balaban J connectivity index is 1.55. The number of amides is 2. The van der Waals surface area contributed by atoms with Crippen molar-refractivity contribution in [1.29, 1.82) is 0 Å². The maximum absolute atomic E-state index is 12.9. The van der Waals surface area contributed by atoms with Crippen LogP contribution in [0.1, 0.15) is 37.0 Å². The van der Waals surface area contributed by atoms with Gasteiger partial charge in [0.05, 0.1) is 12.5 Å². The molecule has 0 aromatic heterocycles. The lowest BCUT2D eigenvalue weighted by molar-refractivity contribution is -0.120. The van der Waals surface area contributed by atoms with Crippen molar-refractivity contribution in [1.82, 2.24) is 5.32 Å². The highest BCUT2D eigenvalue weighted by Gasteiger charge is 2.24. The molecule has 0 aliphatic carbocycles. The van der Waals surface area contributed by atoms with Gasteiger partial charge in [-0.25, -0.2) is 4.39 Å². The van der Waals surface area contributed by atoms with Crippen LogP contribution < -0.4 is 10.6 Å². The van der Waals surface area contributed by atoms with E-state index in [0.29, 0.717) is 12.3 Å². The summed E-state index contributed by atoms with van der Waals surface area (Å²) in [6, 6.07) is 13.5. The number of hydrogen-bond donors (Lipinski definition) is 2. The molecule has 27 heavy (non-hydrogen) atoms. The molecule has 0 saturated carbocycles. The third-order valence-electron chi connectivity index (χ3n) is 4.54. The van der Waals surface area contributed by atoms with Crippen LogP contribution in [-0.4, -0.2) is 24.5 Å². The Bertz CT molecular complexity index is 790. The van der Waals surface area contributed by atoms with Gasteiger partial charge in [0.1, 0.15) is 5.82 Å². The molecule has 1 saturated heterocycles. The predicted octanol–water partition coefficient (Wildman–Crippen LogP) is 3.36. The quantitative estimate of drug-likeness (QED) is 0.848. The fraction of sp³-hybridized carbons (Fsp3) is 0.333. The summed E-state index contributed by atoms with van der Waals surface area (Å²) in [6.45, 7) is 2.12. The van der Waals surface area contributed by atoms with E-state index in [1.807, 2.05) is 24.3 Å². The first kappa shape index (κ1) is 19.0. The van der Waals surface area contributed by atoms with E-state index in [4.69, 9.17) is 4.74 Å². The van der Waals surface area contributed by atoms with Gasteiger partial charge in [-0.2, -0.15) is 0 Å². The predicted molar refractivity (Wildman–Crippen MR) is 101 cm³/mol. The van der Waals surface area contributed by atoms with E-state index in [2.05, 4.69) is 10.6 Å². The molecule has 142 valence electrons. The fourth-order valence-corrected chi connectivity index (χ4v) is 3.22. The van der Waals surface area contributed by atoms with Crippen LogP contribution >= 0.6 is 0 Å². The van der Waals surface area contributed by atoms with Gasteiger partial charge in [0, 0.05) is 25.3 Å². The number of carbonyl (C=O) groups excluding carboxylic acids is 2. The van der Waals surface area contributed by atoms with Crippen molar-refractivity contribution in [2.45, 2.75) is 38.3 Å². The Morgan fingerprint density at radius 2 is 1.81 bits per heavy atom. The molecule has 2 aromatic rings. The number of carbonyl (C=O) groups is 2. The Morgan fingerprint density at radius 1 is 1.11 bits per heavy atom.